The molecule has 0 radical (unpaired) electrons. The first kappa shape index (κ1) is 18.6. The van der Waals surface area contributed by atoms with Crippen LogP contribution in [0.25, 0.3) is 11.1 Å². The molecule has 2 fully saturated rings. The van der Waals surface area contributed by atoms with Crippen LogP contribution in [0.2, 0.25) is 0 Å². The quantitative estimate of drug-likeness (QED) is 0.780. The number of aryl methyl sites for hydroxylation is 1. The van der Waals surface area contributed by atoms with Crippen molar-refractivity contribution < 1.29 is 9.47 Å². The lowest BCUT2D eigenvalue weighted by molar-refractivity contribution is -0.0436. The molecule has 27 heavy (non-hydrogen) atoms. The Morgan fingerprint density at radius 3 is 2.33 bits per heavy atom. The molecule has 2 heterocycles. The van der Waals surface area contributed by atoms with E-state index in [1.165, 1.54) is 55.8 Å². The molecule has 0 aliphatic carbocycles. The fourth-order valence-corrected chi connectivity index (χ4v) is 3.93. The van der Waals surface area contributed by atoms with Crippen molar-refractivity contribution in [2.45, 2.75) is 19.1 Å². The Kier molecular flexibility index (Phi) is 6.20. The number of nitrogens with zero attached hydrogens (tertiary/aromatic N) is 2. The van der Waals surface area contributed by atoms with Gasteiger partial charge in [0.1, 0.15) is 0 Å². The number of hydrogen-bond donors (Lipinski definition) is 0. The van der Waals surface area contributed by atoms with E-state index in [4.69, 9.17) is 9.47 Å². The van der Waals surface area contributed by atoms with E-state index in [0.717, 1.165) is 12.0 Å². The number of hydrogen-bond acceptors (Lipinski definition) is 4. The predicted octanol–water partition coefficient (Wildman–Crippen LogP) is 3.58. The summed E-state index contributed by atoms with van der Waals surface area (Å²) in [5.74, 6) is 0. The maximum absolute atomic E-state index is 5.71. The lowest BCUT2D eigenvalue weighted by atomic mass is 9.97. The molecule has 0 atom stereocenters. The van der Waals surface area contributed by atoms with Gasteiger partial charge in [-0.15, -0.1) is 0 Å². The second kappa shape index (κ2) is 8.98. The predicted molar refractivity (Wildman–Crippen MR) is 109 cm³/mol. The zero-order chi connectivity index (χ0) is 18.5. The van der Waals surface area contributed by atoms with E-state index >= 15 is 0 Å². The van der Waals surface area contributed by atoms with Gasteiger partial charge < -0.3 is 19.3 Å². The molecule has 144 valence electrons. The largest absolute Gasteiger partial charge is 0.346 e. The smallest absolute Gasteiger partial charge is 0.184 e. The van der Waals surface area contributed by atoms with Gasteiger partial charge in [-0.25, -0.2) is 0 Å². The van der Waals surface area contributed by atoms with Gasteiger partial charge in [-0.2, -0.15) is 0 Å². The number of ether oxygens (including phenoxy) is 2. The van der Waals surface area contributed by atoms with Crippen LogP contribution in [0.1, 0.15) is 23.8 Å². The molecule has 0 bridgehead atoms. The van der Waals surface area contributed by atoms with Crippen LogP contribution in [0.5, 0.6) is 0 Å². The number of rotatable bonds is 6. The molecular weight excluding hydrogens is 336 g/mol. The summed E-state index contributed by atoms with van der Waals surface area (Å²) < 4.78 is 11.4. The van der Waals surface area contributed by atoms with E-state index in [2.05, 4.69) is 65.4 Å². The van der Waals surface area contributed by atoms with Crippen molar-refractivity contribution in [1.82, 2.24) is 9.80 Å². The number of likely N-dealkylation sites (N-methyl/N-ethyl adjacent to an activating group) is 1. The second-order valence-corrected chi connectivity index (χ2v) is 7.61. The van der Waals surface area contributed by atoms with Crippen molar-refractivity contribution in [2.75, 3.05) is 53.0 Å². The molecule has 0 N–H and O–H groups in total. The first-order chi connectivity index (χ1) is 13.3. The Morgan fingerprint density at radius 2 is 1.59 bits per heavy atom. The molecule has 4 nitrogen and oxygen atoms in total. The summed E-state index contributed by atoms with van der Waals surface area (Å²) in [4.78, 5) is 5.00. The van der Waals surface area contributed by atoms with E-state index in [9.17, 15) is 0 Å². The summed E-state index contributed by atoms with van der Waals surface area (Å²) in [7, 11) is 2.21. The standard InChI is InChI=1S/C23H30N2O2/c1-24-13-15-25(16-14-24)12-4-5-19-8-10-20(11-9-19)21-6-2-3-7-22(21)23-26-17-18-27-23/h2-3,6-11,23H,4-5,12-18H2,1H3. The molecule has 4 heteroatoms. The van der Waals surface area contributed by atoms with Crippen LogP contribution in [0.3, 0.4) is 0 Å². The first-order valence-corrected chi connectivity index (χ1v) is 10.1. The van der Waals surface area contributed by atoms with Gasteiger partial charge in [-0.3, -0.25) is 0 Å². The topological polar surface area (TPSA) is 24.9 Å². The molecule has 2 aliphatic heterocycles. The highest BCUT2D eigenvalue weighted by molar-refractivity contribution is 5.68. The fourth-order valence-electron chi connectivity index (χ4n) is 3.93. The van der Waals surface area contributed by atoms with Crippen LogP contribution < -0.4 is 0 Å². The minimum absolute atomic E-state index is 0.232. The third kappa shape index (κ3) is 4.77. The average molecular weight is 367 g/mol. The minimum Gasteiger partial charge on any atom is -0.346 e. The Balaban J connectivity index is 1.35. The molecule has 4 rings (SSSR count). The molecule has 2 aliphatic rings. The normalized spacial score (nSPS) is 19.6. The highest BCUT2D eigenvalue weighted by Crippen LogP contribution is 2.32. The monoisotopic (exact) mass is 366 g/mol. The summed E-state index contributed by atoms with van der Waals surface area (Å²) >= 11 is 0. The van der Waals surface area contributed by atoms with Crippen molar-refractivity contribution in [3.63, 3.8) is 0 Å². The Morgan fingerprint density at radius 1 is 0.889 bits per heavy atom. The van der Waals surface area contributed by atoms with Crippen molar-refractivity contribution in [3.05, 3.63) is 59.7 Å². The van der Waals surface area contributed by atoms with Crippen molar-refractivity contribution >= 4 is 0 Å². The van der Waals surface area contributed by atoms with Gasteiger partial charge >= 0.3 is 0 Å². The van der Waals surface area contributed by atoms with Crippen LogP contribution in [-0.4, -0.2) is 62.8 Å². The summed E-state index contributed by atoms with van der Waals surface area (Å²) in [5.41, 5.74) is 4.97. The molecule has 0 saturated carbocycles. The van der Waals surface area contributed by atoms with E-state index in [1.807, 2.05) is 0 Å². The average Bonchev–Trinajstić information content (AvgIpc) is 3.25. The van der Waals surface area contributed by atoms with Gasteiger partial charge in [-0.1, -0.05) is 48.5 Å². The second-order valence-electron chi connectivity index (χ2n) is 7.61. The maximum Gasteiger partial charge on any atom is 0.184 e. The molecule has 2 saturated heterocycles. The van der Waals surface area contributed by atoms with E-state index in [-0.39, 0.29) is 6.29 Å². The maximum atomic E-state index is 5.71. The Hall–Kier alpha value is -1.72. The van der Waals surface area contributed by atoms with Gasteiger partial charge in [-0.05, 0) is 43.1 Å². The molecular formula is C23H30N2O2. The molecule has 2 aromatic rings. The highest BCUT2D eigenvalue weighted by Gasteiger charge is 2.21. The molecule has 0 aromatic heterocycles. The van der Waals surface area contributed by atoms with E-state index in [0.29, 0.717) is 13.2 Å². The van der Waals surface area contributed by atoms with Crippen LogP contribution in [0, 0.1) is 0 Å². The highest BCUT2D eigenvalue weighted by atomic mass is 16.7. The lowest BCUT2D eigenvalue weighted by Gasteiger charge is -2.32. The van der Waals surface area contributed by atoms with E-state index < -0.39 is 0 Å². The van der Waals surface area contributed by atoms with Gasteiger partial charge in [0.2, 0.25) is 0 Å². The summed E-state index contributed by atoms with van der Waals surface area (Å²) in [5, 5.41) is 0. The van der Waals surface area contributed by atoms with Gasteiger partial charge in [0.25, 0.3) is 0 Å². The summed E-state index contributed by atoms with van der Waals surface area (Å²) in [6.45, 7) is 7.35. The van der Waals surface area contributed by atoms with Crippen LogP contribution >= 0.6 is 0 Å². The fraction of sp³-hybridized carbons (Fsp3) is 0.478. The molecule has 0 unspecified atom stereocenters. The van der Waals surface area contributed by atoms with Crippen LogP contribution in [0.4, 0.5) is 0 Å². The lowest BCUT2D eigenvalue weighted by Crippen LogP contribution is -2.44. The first-order valence-electron chi connectivity index (χ1n) is 10.1. The molecule has 2 aromatic carbocycles. The third-order valence-electron chi connectivity index (χ3n) is 5.64. The van der Waals surface area contributed by atoms with Crippen LogP contribution in [-0.2, 0) is 15.9 Å². The van der Waals surface area contributed by atoms with Gasteiger partial charge in [0.15, 0.2) is 6.29 Å². The minimum atomic E-state index is -0.232. The zero-order valence-electron chi connectivity index (χ0n) is 16.3. The summed E-state index contributed by atoms with van der Waals surface area (Å²) in [6, 6.07) is 17.4. The van der Waals surface area contributed by atoms with Crippen molar-refractivity contribution in [3.8, 4) is 11.1 Å². The summed E-state index contributed by atoms with van der Waals surface area (Å²) in [6.07, 6.45) is 2.14. The Bertz CT molecular complexity index is 717. The zero-order valence-corrected chi connectivity index (χ0v) is 16.3. The molecule has 0 spiro atoms. The molecule has 0 amide bonds. The van der Waals surface area contributed by atoms with Gasteiger partial charge in [0.05, 0.1) is 13.2 Å². The Labute approximate surface area is 162 Å². The van der Waals surface area contributed by atoms with E-state index in [1.54, 1.807) is 0 Å². The number of piperazine rings is 1. The van der Waals surface area contributed by atoms with Crippen molar-refractivity contribution in [1.29, 1.82) is 0 Å². The van der Waals surface area contributed by atoms with Gasteiger partial charge in [0, 0.05) is 31.7 Å². The third-order valence-corrected chi connectivity index (χ3v) is 5.64. The number of benzene rings is 2. The van der Waals surface area contributed by atoms with Crippen molar-refractivity contribution in [2.24, 2.45) is 0 Å². The van der Waals surface area contributed by atoms with Crippen LogP contribution in [0.15, 0.2) is 48.5 Å². The SMILES string of the molecule is CN1CCN(CCCc2ccc(-c3ccccc3C3OCCO3)cc2)CC1.